The Balaban J connectivity index is 0.000000370. The summed E-state index contributed by atoms with van der Waals surface area (Å²) < 4.78 is 37.0. The number of nitrogens with zero attached hydrogens (tertiary/aromatic N) is 1. The molecule has 160 valence electrons. The number of ether oxygens (including phenoxy) is 1. The molecule has 0 saturated carbocycles. The first kappa shape index (κ1) is 22.7. The summed E-state index contributed by atoms with van der Waals surface area (Å²) in [7, 11) is 1.64. The molecule has 5 N–H and O–H groups in total. The summed E-state index contributed by atoms with van der Waals surface area (Å²) in [6, 6.07) is 7.55. The minimum absolute atomic E-state index is 0.177. The van der Waals surface area contributed by atoms with Crippen LogP contribution in [0.25, 0.3) is 10.9 Å². The monoisotopic (exact) mass is 417 g/mol. The summed E-state index contributed by atoms with van der Waals surface area (Å²) in [6.07, 6.45) is -6.54. The van der Waals surface area contributed by atoms with E-state index in [1.165, 1.54) is 0 Å². The highest BCUT2D eigenvalue weighted by Gasteiger charge is 2.38. The zero-order valence-corrected chi connectivity index (χ0v) is 15.7. The van der Waals surface area contributed by atoms with Crippen LogP contribution < -0.4 is 15.4 Å². The fourth-order valence-corrected chi connectivity index (χ4v) is 2.81. The van der Waals surface area contributed by atoms with Crippen molar-refractivity contribution in [3.05, 3.63) is 30.0 Å². The standard InChI is InChI=1S/C16H21N3O3.C2HF3O2/c1-9-5-13(17-7-14-16(21)15(20)8-18-14)11-6-10(22-2)3-4-12(11)19-9;3-2(4,5)1(6)7/h3-6,14-16,18,20-21H,7-8H2,1-2H3,(H,17,19);(H,6,7)/t14-,15+,16-;/m1./s1. The van der Waals surface area contributed by atoms with Crippen LogP contribution in [-0.4, -0.2) is 70.9 Å². The van der Waals surface area contributed by atoms with Gasteiger partial charge in [0.15, 0.2) is 0 Å². The minimum atomic E-state index is -5.08. The van der Waals surface area contributed by atoms with E-state index in [1.807, 2.05) is 31.2 Å². The number of aliphatic carboxylic acids is 1. The molecular weight excluding hydrogens is 395 g/mol. The second kappa shape index (κ2) is 9.25. The van der Waals surface area contributed by atoms with E-state index >= 15 is 0 Å². The largest absolute Gasteiger partial charge is 0.497 e. The van der Waals surface area contributed by atoms with Crippen LogP contribution in [0.4, 0.5) is 18.9 Å². The lowest BCUT2D eigenvalue weighted by molar-refractivity contribution is -0.192. The number of aromatic nitrogens is 1. The molecule has 1 aliphatic heterocycles. The molecule has 2 aromatic rings. The highest BCUT2D eigenvalue weighted by atomic mass is 19.4. The summed E-state index contributed by atoms with van der Waals surface area (Å²) in [6.45, 7) is 2.88. The van der Waals surface area contributed by atoms with Crippen LogP contribution in [-0.2, 0) is 4.79 Å². The van der Waals surface area contributed by atoms with Crippen LogP contribution >= 0.6 is 0 Å². The average Bonchev–Trinajstić information content (AvgIpc) is 2.97. The number of carboxylic acid groups (broad SMARTS) is 1. The first-order chi connectivity index (χ1) is 13.5. The number of nitrogens with one attached hydrogen (secondary N) is 2. The van der Waals surface area contributed by atoms with Crippen LogP contribution in [0.2, 0.25) is 0 Å². The van der Waals surface area contributed by atoms with Crippen molar-refractivity contribution in [1.82, 2.24) is 10.3 Å². The molecule has 3 atom stereocenters. The van der Waals surface area contributed by atoms with Gasteiger partial charge in [-0.2, -0.15) is 13.2 Å². The number of benzene rings is 1. The molecule has 0 bridgehead atoms. The average molecular weight is 417 g/mol. The number of fused-ring (bicyclic) bond motifs is 1. The van der Waals surface area contributed by atoms with Gasteiger partial charge in [0.2, 0.25) is 0 Å². The maximum Gasteiger partial charge on any atom is 0.490 e. The van der Waals surface area contributed by atoms with Crippen LogP contribution in [0.1, 0.15) is 5.69 Å². The maximum atomic E-state index is 10.6. The Morgan fingerprint density at radius 3 is 2.52 bits per heavy atom. The molecule has 8 nitrogen and oxygen atoms in total. The van der Waals surface area contributed by atoms with E-state index < -0.39 is 24.4 Å². The molecule has 0 radical (unpaired) electrons. The number of carbonyl (C=O) groups is 1. The van der Waals surface area contributed by atoms with Crippen molar-refractivity contribution in [3.63, 3.8) is 0 Å². The van der Waals surface area contributed by atoms with Gasteiger partial charge < -0.3 is 30.7 Å². The topological polar surface area (TPSA) is 124 Å². The van der Waals surface area contributed by atoms with E-state index in [1.54, 1.807) is 7.11 Å². The Morgan fingerprint density at radius 1 is 1.34 bits per heavy atom. The Morgan fingerprint density at radius 2 is 2.00 bits per heavy atom. The fourth-order valence-electron chi connectivity index (χ4n) is 2.81. The lowest BCUT2D eigenvalue weighted by Crippen LogP contribution is -2.38. The Hall–Kier alpha value is -2.63. The molecule has 1 aromatic heterocycles. The van der Waals surface area contributed by atoms with Gasteiger partial charge in [-0.25, -0.2) is 4.79 Å². The van der Waals surface area contributed by atoms with Gasteiger partial charge in [-0.05, 0) is 31.2 Å². The Labute approximate surface area is 164 Å². The maximum absolute atomic E-state index is 10.6. The van der Waals surface area contributed by atoms with E-state index in [0.29, 0.717) is 13.1 Å². The number of anilines is 1. The first-order valence-corrected chi connectivity index (χ1v) is 8.61. The number of methoxy groups -OCH3 is 1. The number of aliphatic hydroxyl groups excluding tert-OH is 2. The van der Waals surface area contributed by atoms with Crippen LogP contribution in [0.3, 0.4) is 0 Å². The first-order valence-electron chi connectivity index (χ1n) is 8.61. The number of aliphatic hydroxyl groups is 2. The van der Waals surface area contributed by atoms with Crippen molar-refractivity contribution in [2.24, 2.45) is 0 Å². The van der Waals surface area contributed by atoms with Gasteiger partial charge in [-0.3, -0.25) is 4.98 Å². The highest BCUT2D eigenvalue weighted by molar-refractivity contribution is 5.92. The van der Waals surface area contributed by atoms with E-state index in [9.17, 15) is 23.4 Å². The van der Waals surface area contributed by atoms with E-state index in [0.717, 1.165) is 28.0 Å². The molecule has 1 aromatic carbocycles. The lowest BCUT2D eigenvalue weighted by Gasteiger charge is -2.18. The predicted molar refractivity (Wildman–Crippen MR) is 99.0 cm³/mol. The molecule has 1 aliphatic rings. The lowest BCUT2D eigenvalue weighted by atomic mass is 10.1. The second-order valence-corrected chi connectivity index (χ2v) is 6.45. The zero-order chi connectivity index (χ0) is 21.8. The normalized spacial score (nSPS) is 21.4. The predicted octanol–water partition coefficient (Wildman–Crippen LogP) is 1.29. The van der Waals surface area contributed by atoms with Crippen molar-refractivity contribution in [1.29, 1.82) is 0 Å². The molecule has 0 amide bonds. The van der Waals surface area contributed by atoms with Crippen molar-refractivity contribution in [2.45, 2.75) is 31.3 Å². The van der Waals surface area contributed by atoms with Gasteiger partial charge in [-0.15, -0.1) is 0 Å². The molecule has 1 fully saturated rings. The van der Waals surface area contributed by atoms with E-state index in [2.05, 4.69) is 15.6 Å². The molecular formula is C18H22F3N3O5. The third kappa shape index (κ3) is 5.92. The van der Waals surface area contributed by atoms with Crippen molar-refractivity contribution >= 4 is 22.6 Å². The Bertz CT molecular complexity index is 862. The van der Waals surface area contributed by atoms with Crippen molar-refractivity contribution < 1.29 is 38.0 Å². The van der Waals surface area contributed by atoms with E-state index in [-0.39, 0.29) is 6.04 Å². The zero-order valence-electron chi connectivity index (χ0n) is 15.7. The van der Waals surface area contributed by atoms with Crippen molar-refractivity contribution in [2.75, 3.05) is 25.5 Å². The SMILES string of the molecule is COc1ccc2nc(C)cc(NC[C@H]3NC[C@H](O)[C@@H]3O)c2c1.O=C(O)C(F)(F)F. The number of alkyl halides is 3. The van der Waals surface area contributed by atoms with Gasteiger partial charge in [0.25, 0.3) is 0 Å². The molecule has 1 saturated heterocycles. The number of halogens is 3. The summed E-state index contributed by atoms with van der Waals surface area (Å²) in [4.78, 5) is 13.4. The summed E-state index contributed by atoms with van der Waals surface area (Å²) in [5.74, 6) is -1.98. The molecule has 29 heavy (non-hydrogen) atoms. The smallest absolute Gasteiger partial charge is 0.490 e. The number of pyridine rings is 1. The summed E-state index contributed by atoms with van der Waals surface area (Å²) >= 11 is 0. The molecule has 3 rings (SSSR count). The van der Waals surface area contributed by atoms with Gasteiger partial charge in [-0.1, -0.05) is 0 Å². The number of aryl methyl sites for hydroxylation is 1. The molecule has 11 heteroatoms. The van der Waals surface area contributed by atoms with Crippen LogP contribution in [0.15, 0.2) is 24.3 Å². The number of carboxylic acids is 1. The third-order valence-corrected chi connectivity index (χ3v) is 4.29. The second-order valence-electron chi connectivity index (χ2n) is 6.45. The molecule has 0 aliphatic carbocycles. The summed E-state index contributed by atoms with van der Waals surface area (Å²) in [5.41, 5.74) is 2.75. The fraction of sp³-hybridized carbons (Fsp3) is 0.444. The molecule has 2 heterocycles. The number of β-amino-alcohol motifs (C(OH)–C–C–N with tert-alkyl or cyclic N) is 1. The van der Waals surface area contributed by atoms with E-state index in [4.69, 9.17) is 14.6 Å². The van der Waals surface area contributed by atoms with Crippen LogP contribution in [0, 0.1) is 6.92 Å². The minimum Gasteiger partial charge on any atom is -0.497 e. The number of hydrogen-bond donors (Lipinski definition) is 5. The van der Waals surface area contributed by atoms with Gasteiger partial charge in [0.05, 0.1) is 30.9 Å². The van der Waals surface area contributed by atoms with Gasteiger partial charge in [0, 0.05) is 29.9 Å². The number of rotatable bonds is 4. The quantitative estimate of drug-likeness (QED) is 0.504. The van der Waals surface area contributed by atoms with Gasteiger partial charge in [0.1, 0.15) is 5.75 Å². The third-order valence-electron chi connectivity index (χ3n) is 4.29. The van der Waals surface area contributed by atoms with Crippen LogP contribution in [0.5, 0.6) is 5.75 Å². The Kier molecular flexibility index (Phi) is 7.22. The molecule has 0 unspecified atom stereocenters. The summed E-state index contributed by atoms with van der Waals surface area (Å²) in [5, 5.41) is 34.0. The van der Waals surface area contributed by atoms with Crippen molar-refractivity contribution in [3.8, 4) is 5.75 Å². The highest BCUT2D eigenvalue weighted by Crippen LogP contribution is 2.27. The van der Waals surface area contributed by atoms with Gasteiger partial charge >= 0.3 is 12.1 Å². The number of hydrogen-bond acceptors (Lipinski definition) is 7. The molecule has 0 spiro atoms.